The lowest BCUT2D eigenvalue weighted by Gasteiger charge is -2.19. The predicted molar refractivity (Wildman–Crippen MR) is 68.2 cm³/mol. The van der Waals surface area contributed by atoms with Gasteiger partial charge >= 0.3 is 0 Å². The van der Waals surface area contributed by atoms with Gasteiger partial charge in [0.1, 0.15) is 0 Å². The Hall–Kier alpha value is -0.610. The summed E-state index contributed by atoms with van der Waals surface area (Å²) in [5.41, 5.74) is 5.73. The van der Waals surface area contributed by atoms with E-state index in [1.807, 2.05) is 13.8 Å². The van der Waals surface area contributed by atoms with Crippen LogP contribution < -0.4 is 11.1 Å². The first-order valence-electron chi connectivity index (χ1n) is 6.20. The number of carbonyl (C=O) groups excluding carboxylic acids is 1. The third-order valence-corrected chi connectivity index (χ3v) is 2.71. The lowest BCUT2D eigenvalue weighted by atomic mass is 10.1. The maximum absolute atomic E-state index is 11.5. The van der Waals surface area contributed by atoms with Crippen molar-refractivity contribution in [3.05, 3.63) is 0 Å². The summed E-state index contributed by atoms with van der Waals surface area (Å²) >= 11 is 0. The highest BCUT2D eigenvalue weighted by Gasteiger charge is 2.16. The maximum Gasteiger partial charge on any atom is 0.237 e. The quantitative estimate of drug-likeness (QED) is 0.648. The molecule has 0 aromatic carbocycles. The largest absolute Gasteiger partial charge is 0.353 e. The highest BCUT2D eigenvalue weighted by Crippen LogP contribution is 1.97. The number of unbranched alkanes of at least 4 members (excludes halogenated alkanes) is 1. The minimum Gasteiger partial charge on any atom is -0.353 e. The summed E-state index contributed by atoms with van der Waals surface area (Å²) in [6, 6.07) is -0.388. The molecule has 0 aromatic rings. The second-order valence-corrected chi connectivity index (χ2v) is 4.72. The van der Waals surface area contributed by atoms with E-state index >= 15 is 0 Å². The molecular formula is C12H27N3O. The van der Waals surface area contributed by atoms with E-state index in [0.29, 0.717) is 6.54 Å². The Kier molecular flexibility index (Phi) is 8.21. The van der Waals surface area contributed by atoms with E-state index in [4.69, 9.17) is 5.73 Å². The molecule has 0 aliphatic rings. The minimum atomic E-state index is -0.388. The van der Waals surface area contributed by atoms with Gasteiger partial charge in [0.2, 0.25) is 5.91 Å². The smallest absolute Gasteiger partial charge is 0.237 e. The van der Waals surface area contributed by atoms with Gasteiger partial charge in [0.25, 0.3) is 0 Å². The molecule has 1 atom stereocenters. The zero-order valence-corrected chi connectivity index (χ0v) is 11.1. The summed E-state index contributed by atoms with van der Waals surface area (Å²) in [6.07, 6.45) is 2.41. The van der Waals surface area contributed by atoms with Crippen LogP contribution in [0.4, 0.5) is 0 Å². The lowest BCUT2D eigenvalue weighted by molar-refractivity contribution is -0.123. The molecule has 3 N–H and O–H groups in total. The number of hydrogen-bond donors (Lipinski definition) is 2. The van der Waals surface area contributed by atoms with Gasteiger partial charge in [-0.3, -0.25) is 4.79 Å². The Morgan fingerprint density at radius 1 is 1.38 bits per heavy atom. The van der Waals surface area contributed by atoms with Crippen LogP contribution in [0.1, 0.15) is 33.6 Å². The molecule has 0 unspecified atom stereocenters. The van der Waals surface area contributed by atoms with Crippen molar-refractivity contribution in [3.63, 3.8) is 0 Å². The number of nitrogens with zero attached hydrogens (tertiary/aromatic N) is 1. The van der Waals surface area contributed by atoms with E-state index < -0.39 is 0 Å². The first kappa shape index (κ1) is 15.4. The Morgan fingerprint density at radius 3 is 2.50 bits per heavy atom. The van der Waals surface area contributed by atoms with Crippen molar-refractivity contribution in [2.24, 2.45) is 11.7 Å². The summed E-state index contributed by atoms with van der Waals surface area (Å²) in [4.78, 5) is 13.8. The number of nitrogens with one attached hydrogen (secondary N) is 1. The van der Waals surface area contributed by atoms with Gasteiger partial charge in [-0.15, -0.1) is 0 Å². The van der Waals surface area contributed by atoms with Crippen LogP contribution in [0.5, 0.6) is 0 Å². The fraction of sp³-hybridized carbons (Fsp3) is 0.917. The first-order valence-corrected chi connectivity index (χ1v) is 6.20. The molecule has 0 heterocycles. The molecule has 0 saturated carbocycles. The van der Waals surface area contributed by atoms with E-state index in [9.17, 15) is 4.79 Å². The Balaban J connectivity index is 3.61. The number of amides is 1. The average molecular weight is 229 g/mol. The summed E-state index contributed by atoms with van der Waals surface area (Å²) in [5, 5.41) is 2.87. The van der Waals surface area contributed by atoms with Crippen LogP contribution in [0.2, 0.25) is 0 Å². The molecule has 0 spiro atoms. The van der Waals surface area contributed by atoms with Gasteiger partial charge in [-0.1, -0.05) is 27.2 Å². The fourth-order valence-electron chi connectivity index (χ4n) is 1.33. The van der Waals surface area contributed by atoms with Crippen LogP contribution in [0, 0.1) is 5.92 Å². The minimum absolute atomic E-state index is 0.0427. The second kappa shape index (κ2) is 8.53. The molecule has 4 heteroatoms. The van der Waals surface area contributed by atoms with Crippen LogP contribution in [0.15, 0.2) is 0 Å². The summed E-state index contributed by atoms with van der Waals surface area (Å²) in [5.74, 6) is 0.150. The van der Waals surface area contributed by atoms with Crippen molar-refractivity contribution in [1.29, 1.82) is 0 Å². The van der Waals surface area contributed by atoms with Crippen LogP contribution >= 0.6 is 0 Å². The third kappa shape index (κ3) is 6.80. The number of hydrogen-bond acceptors (Lipinski definition) is 3. The van der Waals surface area contributed by atoms with Crippen molar-refractivity contribution in [2.75, 3.05) is 26.7 Å². The second-order valence-electron chi connectivity index (χ2n) is 4.72. The van der Waals surface area contributed by atoms with Crippen molar-refractivity contribution in [1.82, 2.24) is 10.2 Å². The number of likely N-dealkylation sites (N-methyl/N-ethyl adjacent to an activating group) is 1. The highest BCUT2D eigenvalue weighted by atomic mass is 16.2. The van der Waals surface area contributed by atoms with E-state index in [1.165, 1.54) is 12.8 Å². The Morgan fingerprint density at radius 2 is 2.00 bits per heavy atom. The Bertz CT molecular complexity index is 195. The van der Waals surface area contributed by atoms with Gasteiger partial charge in [0, 0.05) is 13.1 Å². The zero-order chi connectivity index (χ0) is 12.6. The summed E-state index contributed by atoms with van der Waals surface area (Å²) in [6.45, 7) is 8.74. The zero-order valence-electron chi connectivity index (χ0n) is 11.1. The van der Waals surface area contributed by atoms with E-state index in [0.717, 1.165) is 13.1 Å². The molecule has 0 aliphatic carbocycles. The Labute approximate surface area is 99.6 Å². The molecule has 0 rings (SSSR count). The van der Waals surface area contributed by atoms with E-state index in [2.05, 4.69) is 24.2 Å². The van der Waals surface area contributed by atoms with Crippen LogP contribution in [0.3, 0.4) is 0 Å². The molecule has 0 bridgehead atoms. The monoisotopic (exact) mass is 229 g/mol. The topological polar surface area (TPSA) is 58.4 Å². The maximum atomic E-state index is 11.5. The van der Waals surface area contributed by atoms with Crippen molar-refractivity contribution in [2.45, 2.75) is 39.7 Å². The molecule has 0 radical (unpaired) electrons. The molecule has 4 nitrogen and oxygen atoms in total. The standard InChI is InChI=1S/C12H27N3O/c1-5-6-8-15(4)9-7-14-12(16)11(13)10(2)3/h10-11H,5-9,13H2,1-4H3,(H,14,16)/t11-/m0/s1. The van der Waals surface area contributed by atoms with Crippen molar-refractivity contribution < 1.29 is 4.79 Å². The molecule has 16 heavy (non-hydrogen) atoms. The lowest BCUT2D eigenvalue weighted by Crippen LogP contribution is -2.45. The van der Waals surface area contributed by atoms with Crippen LogP contribution in [-0.4, -0.2) is 43.5 Å². The van der Waals surface area contributed by atoms with E-state index in [1.54, 1.807) is 0 Å². The fourth-order valence-corrected chi connectivity index (χ4v) is 1.33. The van der Waals surface area contributed by atoms with Gasteiger partial charge in [0.15, 0.2) is 0 Å². The number of carbonyl (C=O) groups is 1. The predicted octanol–water partition coefficient (Wildman–Crippen LogP) is 0.818. The number of rotatable bonds is 8. The molecule has 96 valence electrons. The normalized spacial score (nSPS) is 13.2. The van der Waals surface area contributed by atoms with E-state index in [-0.39, 0.29) is 17.9 Å². The van der Waals surface area contributed by atoms with Crippen LogP contribution in [0.25, 0.3) is 0 Å². The highest BCUT2D eigenvalue weighted by molar-refractivity contribution is 5.81. The third-order valence-electron chi connectivity index (χ3n) is 2.71. The van der Waals surface area contributed by atoms with Gasteiger partial charge in [-0.25, -0.2) is 0 Å². The number of nitrogens with two attached hydrogens (primary N) is 1. The molecule has 0 aromatic heterocycles. The summed E-state index contributed by atoms with van der Waals surface area (Å²) in [7, 11) is 2.07. The van der Waals surface area contributed by atoms with Gasteiger partial charge in [-0.05, 0) is 25.9 Å². The average Bonchev–Trinajstić information content (AvgIpc) is 2.24. The van der Waals surface area contributed by atoms with Gasteiger partial charge < -0.3 is 16.0 Å². The molecule has 0 aliphatic heterocycles. The first-order chi connectivity index (χ1) is 7.49. The van der Waals surface area contributed by atoms with Crippen molar-refractivity contribution >= 4 is 5.91 Å². The summed E-state index contributed by atoms with van der Waals surface area (Å²) < 4.78 is 0. The molecular weight excluding hydrogens is 202 g/mol. The molecule has 0 fully saturated rings. The van der Waals surface area contributed by atoms with Crippen LogP contribution in [-0.2, 0) is 4.79 Å². The molecule has 1 amide bonds. The SMILES string of the molecule is CCCCN(C)CCNC(=O)[C@@H](N)C(C)C. The molecule has 0 saturated heterocycles. The van der Waals surface area contributed by atoms with Gasteiger partial charge in [-0.2, -0.15) is 0 Å². The van der Waals surface area contributed by atoms with Gasteiger partial charge in [0.05, 0.1) is 6.04 Å². The van der Waals surface area contributed by atoms with Crippen molar-refractivity contribution in [3.8, 4) is 0 Å².